The molecule has 2 aromatic carbocycles. The summed E-state index contributed by atoms with van der Waals surface area (Å²) in [6.45, 7) is 8.05. The van der Waals surface area contributed by atoms with Gasteiger partial charge >= 0.3 is 0 Å². The van der Waals surface area contributed by atoms with Gasteiger partial charge in [-0.1, -0.05) is 45.0 Å². The molecule has 7 heteroatoms. The summed E-state index contributed by atoms with van der Waals surface area (Å²) in [6.07, 6.45) is 1.59. The van der Waals surface area contributed by atoms with Crippen molar-refractivity contribution in [2.75, 3.05) is 29.9 Å². The highest BCUT2D eigenvalue weighted by Gasteiger charge is 2.24. The second-order valence-corrected chi connectivity index (χ2v) is 9.56. The smallest absolute Gasteiger partial charge is 0.251 e. The Kier molecular flexibility index (Phi) is 7.74. The minimum Gasteiger partial charge on any atom is -0.370 e. The van der Waals surface area contributed by atoms with E-state index in [1.165, 1.54) is 0 Å². The number of benzene rings is 2. The number of nitrogens with two attached hydrogens (primary N) is 1. The summed E-state index contributed by atoms with van der Waals surface area (Å²) in [7, 11) is 0. The Morgan fingerprint density at radius 1 is 1.00 bits per heavy atom. The number of nitrogens with zero attached hydrogens (tertiary/aromatic N) is 1. The fourth-order valence-electron chi connectivity index (χ4n) is 3.99. The van der Waals surface area contributed by atoms with Gasteiger partial charge in [0, 0.05) is 37.5 Å². The molecule has 3 rings (SSSR count). The van der Waals surface area contributed by atoms with Crippen LogP contribution in [-0.2, 0) is 15.0 Å². The first-order valence-corrected chi connectivity index (χ1v) is 11.5. The molecule has 33 heavy (non-hydrogen) atoms. The van der Waals surface area contributed by atoms with Gasteiger partial charge in [-0.25, -0.2) is 0 Å². The van der Waals surface area contributed by atoms with Gasteiger partial charge in [0.25, 0.3) is 5.91 Å². The summed E-state index contributed by atoms with van der Waals surface area (Å²) in [5.41, 5.74) is 8.85. The maximum atomic E-state index is 12.5. The molecule has 0 bridgehead atoms. The molecule has 1 heterocycles. The van der Waals surface area contributed by atoms with Crippen LogP contribution in [0.15, 0.2) is 48.5 Å². The molecule has 0 aliphatic carbocycles. The molecule has 0 spiro atoms. The average Bonchev–Trinajstić information content (AvgIpc) is 2.79. The van der Waals surface area contributed by atoms with Crippen LogP contribution in [-0.4, -0.2) is 37.4 Å². The van der Waals surface area contributed by atoms with Crippen LogP contribution in [0.25, 0.3) is 0 Å². The number of carbonyl (C=O) groups is 3. The van der Waals surface area contributed by atoms with E-state index in [1.807, 2.05) is 48.5 Å². The highest BCUT2D eigenvalue weighted by Crippen LogP contribution is 2.30. The summed E-state index contributed by atoms with van der Waals surface area (Å²) in [4.78, 5) is 38.5. The SMILES string of the molecule is CC(C)(C)c1ccc(C(=O)NCCC(=O)Nc2ccccc2N2CCC(C(N)=O)CC2)cc1. The maximum absolute atomic E-state index is 12.5. The lowest BCUT2D eigenvalue weighted by Crippen LogP contribution is -2.39. The Balaban J connectivity index is 1.50. The number of anilines is 2. The van der Waals surface area contributed by atoms with Crippen molar-refractivity contribution in [1.29, 1.82) is 0 Å². The first kappa shape index (κ1) is 24.3. The Morgan fingerprint density at radius 2 is 1.64 bits per heavy atom. The molecule has 0 radical (unpaired) electrons. The Hall–Kier alpha value is -3.35. The van der Waals surface area contributed by atoms with Gasteiger partial charge in [0.2, 0.25) is 11.8 Å². The molecule has 1 saturated heterocycles. The third-order valence-electron chi connectivity index (χ3n) is 6.07. The van der Waals surface area contributed by atoms with Crippen LogP contribution >= 0.6 is 0 Å². The average molecular weight is 451 g/mol. The number of carbonyl (C=O) groups excluding carboxylic acids is 3. The Bertz CT molecular complexity index is 987. The van der Waals surface area contributed by atoms with E-state index in [-0.39, 0.29) is 42.0 Å². The van der Waals surface area contributed by atoms with Crippen LogP contribution in [0.1, 0.15) is 56.0 Å². The van der Waals surface area contributed by atoms with Gasteiger partial charge in [0.05, 0.1) is 11.4 Å². The number of para-hydroxylation sites is 2. The van der Waals surface area contributed by atoms with Crippen molar-refractivity contribution in [2.45, 2.75) is 45.4 Å². The molecule has 2 aromatic rings. The molecule has 0 saturated carbocycles. The molecule has 4 N–H and O–H groups in total. The normalized spacial score (nSPS) is 14.6. The number of hydrogen-bond donors (Lipinski definition) is 3. The van der Waals surface area contributed by atoms with E-state index >= 15 is 0 Å². The molecule has 1 aliphatic rings. The Labute approximate surface area is 195 Å². The number of piperidine rings is 1. The van der Waals surface area contributed by atoms with Gasteiger partial charge in [-0.2, -0.15) is 0 Å². The quantitative estimate of drug-likeness (QED) is 0.601. The number of nitrogens with one attached hydrogen (secondary N) is 2. The van der Waals surface area contributed by atoms with Crippen LogP contribution in [0.4, 0.5) is 11.4 Å². The largest absolute Gasteiger partial charge is 0.370 e. The molecule has 176 valence electrons. The van der Waals surface area contributed by atoms with Crippen molar-refractivity contribution >= 4 is 29.1 Å². The van der Waals surface area contributed by atoms with E-state index in [0.717, 1.165) is 16.9 Å². The van der Waals surface area contributed by atoms with E-state index in [4.69, 9.17) is 5.73 Å². The predicted octanol–water partition coefficient (Wildman–Crippen LogP) is 3.44. The second-order valence-electron chi connectivity index (χ2n) is 9.56. The molecular formula is C26H34N4O3. The van der Waals surface area contributed by atoms with Crippen LogP contribution < -0.4 is 21.3 Å². The topological polar surface area (TPSA) is 105 Å². The third kappa shape index (κ3) is 6.57. The summed E-state index contributed by atoms with van der Waals surface area (Å²) < 4.78 is 0. The van der Waals surface area contributed by atoms with Crippen molar-refractivity contribution in [2.24, 2.45) is 11.7 Å². The van der Waals surface area contributed by atoms with E-state index in [1.54, 1.807) is 0 Å². The highest BCUT2D eigenvalue weighted by atomic mass is 16.2. The number of hydrogen-bond acceptors (Lipinski definition) is 4. The standard InChI is InChI=1S/C26H34N4O3/c1-26(2,3)20-10-8-19(9-11-20)25(33)28-15-12-23(31)29-21-6-4-5-7-22(21)30-16-13-18(14-17-30)24(27)32/h4-11,18H,12-17H2,1-3H3,(H2,27,32)(H,28,33)(H,29,31). The molecule has 1 aliphatic heterocycles. The van der Waals surface area contributed by atoms with Gasteiger partial charge in [0.1, 0.15) is 0 Å². The summed E-state index contributed by atoms with van der Waals surface area (Å²) in [6, 6.07) is 15.2. The summed E-state index contributed by atoms with van der Waals surface area (Å²) in [5, 5.41) is 5.77. The first-order chi connectivity index (χ1) is 15.6. The van der Waals surface area contributed by atoms with Crippen LogP contribution in [0, 0.1) is 5.92 Å². The molecule has 0 atom stereocenters. The van der Waals surface area contributed by atoms with Crippen LogP contribution in [0.2, 0.25) is 0 Å². The minimum absolute atomic E-state index is 0.0289. The van der Waals surface area contributed by atoms with Crippen LogP contribution in [0.5, 0.6) is 0 Å². The third-order valence-corrected chi connectivity index (χ3v) is 6.07. The predicted molar refractivity (Wildman–Crippen MR) is 131 cm³/mol. The minimum atomic E-state index is -0.247. The van der Waals surface area contributed by atoms with Crippen molar-refractivity contribution in [3.8, 4) is 0 Å². The number of primary amides is 1. The fourth-order valence-corrected chi connectivity index (χ4v) is 3.99. The molecule has 0 aromatic heterocycles. The molecule has 3 amide bonds. The molecule has 7 nitrogen and oxygen atoms in total. The first-order valence-electron chi connectivity index (χ1n) is 11.5. The van der Waals surface area contributed by atoms with Gasteiger partial charge in [-0.05, 0) is 48.1 Å². The van der Waals surface area contributed by atoms with Gasteiger partial charge in [-0.15, -0.1) is 0 Å². The van der Waals surface area contributed by atoms with Crippen molar-refractivity contribution in [3.63, 3.8) is 0 Å². The van der Waals surface area contributed by atoms with Gasteiger partial charge < -0.3 is 21.3 Å². The van der Waals surface area contributed by atoms with E-state index in [0.29, 0.717) is 31.5 Å². The highest BCUT2D eigenvalue weighted by molar-refractivity contribution is 5.96. The lowest BCUT2D eigenvalue weighted by Gasteiger charge is -2.33. The number of rotatable bonds is 7. The summed E-state index contributed by atoms with van der Waals surface area (Å²) >= 11 is 0. The van der Waals surface area contributed by atoms with Gasteiger partial charge in [0.15, 0.2) is 0 Å². The van der Waals surface area contributed by atoms with Gasteiger partial charge in [-0.3, -0.25) is 14.4 Å². The lowest BCUT2D eigenvalue weighted by molar-refractivity contribution is -0.122. The zero-order valence-electron chi connectivity index (χ0n) is 19.7. The molecule has 0 unspecified atom stereocenters. The van der Waals surface area contributed by atoms with Crippen molar-refractivity contribution in [3.05, 3.63) is 59.7 Å². The number of amides is 3. The van der Waals surface area contributed by atoms with Crippen molar-refractivity contribution < 1.29 is 14.4 Å². The summed E-state index contributed by atoms with van der Waals surface area (Å²) in [5.74, 6) is -0.696. The zero-order valence-corrected chi connectivity index (χ0v) is 19.7. The molecule has 1 fully saturated rings. The van der Waals surface area contributed by atoms with E-state index < -0.39 is 0 Å². The van der Waals surface area contributed by atoms with E-state index in [2.05, 4.69) is 36.3 Å². The van der Waals surface area contributed by atoms with E-state index in [9.17, 15) is 14.4 Å². The fraction of sp³-hybridized carbons (Fsp3) is 0.423. The zero-order chi connectivity index (χ0) is 24.0. The maximum Gasteiger partial charge on any atom is 0.251 e. The lowest BCUT2D eigenvalue weighted by atomic mass is 9.87. The van der Waals surface area contributed by atoms with Crippen molar-refractivity contribution in [1.82, 2.24) is 5.32 Å². The Morgan fingerprint density at radius 3 is 2.24 bits per heavy atom. The second kappa shape index (κ2) is 10.5. The van der Waals surface area contributed by atoms with Crippen LogP contribution in [0.3, 0.4) is 0 Å². The molecular weight excluding hydrogens is 416 g/mol. The monoisotopic (exact) mass is 450 g/mol.